The van der Waals surface area contributed by atoms with E-state index in [1.807, 2.05) is 0 Å². The molecule has 1 saturated heterocycles. The van der Waals surface area contributed by atoms with E-state index in [2.05, 4.69) is 5.32 Å². The van der Waals surface area contributed by atoms with Crippen LogP contribution in [0.3, 0.4) is 0 Å². The highest BCUT2D eigenvalue weighted by Gasteiger charge is 2.29. The van der Waals surface area contributed by atoms with Crippen molar-refractivity contribution in [2.24, 2.45) is 11.7 Å². The summed E-state index contributed by atoms with van der Waals surface area (Å²) in [7, 11) is -2.86. The average Bonchev–Trinajstić information content (AvgIpc) is 2.83. The summed E-state index contributed by atoms with van der Waals surface area (Å²) in [5.74, 6) is 1.31. The van der Waals surface area contributed by atoms with Gasteiger partial charge >= 0.3 is 0 Å². The minimum Gasteiger partial charge on any atom is -0.351 e. The molecule has 3 N–H and O–H groups in total. The molecule has 2 fully saturated rings. The van der Waals surface area contributed by atoms with Crippen molar-refractivity contribution < 1.29 is 13.2 Å². The number of amides is 1. The van der Waals surface area contributed by atoms with Gasteiger partial charge in [0.15, 0.2) is 9.84 Å². The first-order chi connectivity index (χ1) is 10.00. The normalized spacial score (nSPS) is 27.4. The van der Waals surface area contributed by atoms with Crippen LogP contribution in [0.4, 0.5) is 0 Å². The SMILES string of the molecule is NCC(NC(=O)CSC1CCS(=O)(=O)C1)C1CCCCC1. The number of nitrogens with one attached hydrogen (secondary N) is 1. The fourth-order valence-corrected chi connectivity index (χ4v) is 6.69. The van der Waals surface area contributed by atoms with Gasteiger partial charge in [-0.2, -0.15) is 0 Å². The molecule has 2 atom stereocenters. The lowest BCUT2D eigenvalue weighted by Crippen LogP contribution is -2.46. The summed E-state index contributed by atoms with van der Waals surface area (Å²) >= 11 is 1.46. The third kappa shape index (κ3) is 5.45. The molecule has 122 valence electrons. The highest BCUT2D eigenvalue weighted by atomic mass is 32.2. The van der Waals surface area contributed by atoms with Gasteiger partial charge in [-0.25, -0.2) is 8.42 Å². The second-order valence-corrected chi connectivity index (χ2v) is 9.66. The first-order valence-corrected chi connectivity index (χ1v) is 10.7. The summed E-state index contributed by atoms with van der Waals surface area (Å²) in [4.78, 5) is 12.0. The largest absolute Gasteiger partial charge is 0.351 e. The molecule has 1 heterocycles. The fraction of sp³-hybridized carbons (Fsp3) is 0.929. The Morgan fingerprint density at radius 2 is 1.95 bits per heavy atom. The number of rotatable bonds is 6. The maximum atomic E-state index is 12.0. The van der Waals surface area contributed by atoms with Crippen molar-refractivity contribution >= 4 is 27.5 Å². The smallest absolute Gasteiger partial charge is 0.230 e. The number of sulfone groups is 1. The summed E-state index contributed by atoms with van der Waals surface area (Å²) in [6.45, 7) is 0.485. The number of thioether (sulfide) groups is 1. The van der Waals surface area contributed by atoms with Crippen molar-refractivity contribution in [3.05, 3.63) is 0 Å². The molecule has 21 heavy (non-hydrogen) atoms. The molecule has 2 unspecified atom stereocenters. The van der Waals surface area contributed by atoms with Crippen LogP contribution in [0.15, 0.2) is 0 Å². The number of hydrogen-bond donors (Lipinski definition) is 2. The molecule has 7 heteroatoms. The van der Waals surface area contributed by atoms with E-state index >= 15 is 0 Å². The quantitative estimate of drug-likeness (QED) is 0.754. The Hall–Kier alpha value is -0.270. The Balaban J connectivity index is 1.72. The van der Waals surface area contributed by atoms with E-state index in [0.29, 0.717) is 24.6 Å². The topological polar surface area (TPSA) is 89.3 Å². The van der Waals surface area contributed by atoms with Crippen LogP contribution < -0.4 is 11.1 Å². The van der Waals surface area contributed by atoms with Crippen molar-refractivity contribution in [3.8, 4) is 0 Å². The van der Waals surface area contributed by atoms with E-state index in [9.17, 15) is 13.2 Å². The van der Waals surface area contributed by atoms with Gasteiger partial charge in [0.2, 0.25) is 5.91 Å². The van der Waals surface area contributed by atoms with Crippen molar-refractivity contribution in [2.75, 3.05) is 23.8 Å². The maximum Gasteiger partial charge on any atom is 0.230 e. The second kappa shape index (κ2) is 7.83. The summed E-state index contributed by atoms with van der Waals surface area (Å²) in [6.07, 6.45) is 6.71. The van der Waals surface area contributed by atoms with Crippen LogP contribution in [0.5, 0.6) is 0 Å². The Morgan fingerprint density at radius 1 is 1.24 bits per heavy atom. The van der Waals surface area contributed by atoms with E-state index in [1.54, 1.807) is 0 Å². The van der Waals surface area contributed by atoms with E-state index in [1.165, 1.54) is 31.0 Å². The molecule has 2 rings (SSSR count). The maximum absolute atomic E-state index is 12.0. The Morgan fingerprint density at radius 3 is 2.52 bits per heavy atom. The van der Waals surface area contributed by atoms with Gasteiger partial charge in [-0.1, -0.05) is 19.3 Å². The van der Waals surface area contributed by atoms with Gasteiger partial charge < -0.3 is 11.1 Å². The van der Waals surface area contributed by atoms with E-state index in [-0.39, 0.29) is 28.7 Å². The molecule has 0 aromatic rings. The molecular formula is C14H26N2O3S2. The zero-order valence-corrected chi connectivity index (χ0v) is 14.1. The summed E-state index contributed by atoms with van der Waals surface area (Å²) in [5, 5.41) is 3.12. The van der Waals surface area contributed by atoms with Crippen LogP contribution in [-0.2, 0) is 14.6 Å². The van der Waals surface area contributed by atoms with Crippen molar-refractivity contribution in [2.45, 2.75) is 49.8 Å². The Labute approximate surface area is 131 Å². The highest BCUT2D eigenvalue weighted by molar-refractivity contribution is 8.02. The lowest BCUT2D eigenvalue weighted by atomic mass is 9.84. The van der Waals surface area contributed by atoms with Crippen LogP contribution in [0.1, 0.15) is 38.5 Å². The van der Waals surface area contributed by atoms with Crippen LogP contribution in [0.2, 0.25) is 0 Å². The first kappa shape index (κ1) is 17.1. The molecular weight excluding hydrogens is 308 g/mol. The van der Waals surface area contributed by atoms with Gasteiger partial charge in [-0.3, -0.25) is 4.79 Å². The van der Waals surface area contributed by atoms with Crippen molar-refractivity contribution in [1.29, 1.82) is 0 Å². The Bertz CT molecular complexity index is 447. The zero-order chi connectivity index (χ0) is 15.3. The highest BCUT2D eigenvalue weighted by Crippen LogP contribution is 2.27. The van der Waals surface area contributed by atoms with Gasteiger partial charge in [-0.15, -0.1) is 11.8 Å². The van der Waals surface area contributed by atoms with E-state index in [4.69, 9.17) is 5.73 Å². The van der Waals surface area contributed by atoms with E-state index < -0.39 is 9.84 Å². The predicted octanol–water partition coefficient (Wildman–Crippen LogP) is 0.930. The molecule has 5 nitrogen and oxygen atoms in total. The van der Waals surface area contributed by atoms with Crippen LogP contribution in [0, 0.1) is 5.92 Å². The molecule has 2 aliphatic rings. The molecule has 1 saturated carbocycles. The van der Waals surface area contributed by atoms with Crippen LogP contribution in [0.25, 0.3) is 0 Å². The Kier molecular flexibility index (Phi) is 6.37. The summed E-state index contributed by atoms with van der Waals surface area (Å²) in [5.41, 5.74) is 5.80. The molecule has 0 spiro atoms. The minimum absolute atomic E-state index is 0.00896. The fourth-order valence-electron chi connectivity index (χ4n) is 3.24. The second-order valence-electron chi connectivity index (χ2n) is 6.14. The van der Waals surface area contributed by atoms with Gasteiger partial charge in [0, 0.05) is 17.8 Å². The first-order valence-electron chi connectivity index (χ1n) is 7.81. The lowest BCUT2D eigenvalue weighted by molar-refractivity contribution is -0.119. The van der Waals surface area contributed by atoms with Gasteiger partial charge in [-0.05, 0) is 25.2 Å². The molecule has 0 radical (unpaired) electrons. The molecule has 0 aromatic heterocycles. The summed E-state index contributed by atoms with van der Waals surface area (Å²) in [6, 6.07) is 0.0747. The van der Waals surface area contributed by atoms with E-state index in [0.717, 1.165) is 12.8 Å². The molecule has 1 amide bonds. The zero-order valence-electron chi connectivity index (χ0n) is 12.4. The lowest BCUT2D eigenvalue weighted by Gasteiger charge is -2.30. The molecule has 1 aliphatic heterocycles. The van der Waals surface area contributed by atoms with Crippen molar-refractivity contribution in [3.63, 3.8) is 0 Å². The monoisotopic (exact) mass is 334 g/mol. The molecule has 0 aromatic carbocycles. The average molecular weight is 335 g/mol. The number of carbonyl (C=O) groups is 1. The summed E-state index contributed by atoms with van der Waals surface area (Å²) < 4.78 is 22.8. The molecule has 0 bridgehead atoms. The number of nitrogens with two attached hydrogens (primary N) is 1. The van der Waals surface area contributed by atoms with Gasteiger partial charge in [0.25, 0.3) is 0 Å². The third-order valence-electron chi connectivity index (χ3n) is 4.46. The van der Waals surface area contributed by atoms with Crippen LogP contribution >= 0.6 is 11.8 Å². The van der Waals surface area contributed by atoms with Crippen molar-refractivity contribution in [1.82, 2.24) is 5.32 Å². The third-order valence-corrected chi connectivity index (χ3v) is 7.74. The molecule has 1 aliphatic carbocycles. The number of hydrogen-bond acceptors (Lipinski definition) is 5. The minimum atomic E-state index is -2.86. The van der Waals surface area contributed by atoms with Gasteiger partial charge in [0.05, 0.1) is 17.3 Å². The standard InChI is InChI=1S/C14H26N2O3S2/c15-8-13(11-4-2-1-3-5-11)16-14(17)9-20-12-6-7-21(18,19)10-12/h11-13H,1-10,15H2,(H,16,17). The van der Waals surface area contributed by atoms with Gasteiger partial charge in [0.1, 0.15) is 0 Å². The van der Waals surface area contributed by atoms with Crippen LogP contribution in [-0.4, -0.2) is 49.4 Å². The predicted molar refractivity (Wildman–Crippen MR) is 87.1 cm³/mol. The number of carbonyl (C=O) groups excluding carboxylic acids is 1.